The van der Waals surface area contributed by atoms with Crippen molar-refractivity contribution in [1.29, 1.82) is 0 Å². The number of nitrogens with one attached hydrogen (secondary N) is 1. The Morgan fingerprint density at radius 3 is 2.58 bits per heavy atom. The molecule has 3 heterocycles. The number of aromatic nitrogens is 3. The second-order valence-corrected chi connectivity index (χ2v) is 7.25. The van der Waals surface area contributed by atoms with Crippen molar-refractivity contribution in [3.63, 3.8) is 0 Å². The summed E-state index contributed by atoms with van der Waals surface area (Å²) in [6.07, 6.45) is 5.46. The van der Waals surface area contributed by atoms with Crippen LogP contribution in [0.5, 0.6) is 0 Å². The predicted molar refractivity (Wildman–Crippen MR) is 105 cm³/mol. The van der Waals surface area contributed by atoms with Crippen molar-refractivity contribution in [2.75, 3.05) is 23.3 Å². The summed E-state index contributed by atoms with van der Waals surface area (Å²) in [6.45, 7) is 3.81. The smallest absolute Gasteiger partial charge is 0.249 e. The van der Waals surface area contributed by atoms with Crippen molar-refractivity contribution in [2.24, 2.45) is 0 Å². The van der Waals surface area contributed by atoms with Crippen molar-refractivity contribution in [1.82, 2.24) is 15.0 Å². The van der Waals surface area contributed by atoms with Crippen LogP contribution in [0.25, 0.3) is 17.1 Å². The standard InChI is InChI=1S/C19H19N5OS/c1-13-20-14(12-26-13)8-9-17(25)23-18-19(24-10-4-5-11-24)22-16-7-3-2-6-15(16)21-18/h2-3,6-9,12H,4-5,10-11H2,1H3,(H,21,23,25)/b9-8+. The number of carbonyl (C=O) groups is 1. The molecule has 26 heavy (non-hydrogen) atoms. The van der Waals surface area contributed by atoms with Crippen molar-refractivity contribution in [2.45, 2.75) is 19.8 Å². The SMILES string of the molecule is Cc1nc(/C=C/C(=O)Nc2nc3ccccc3nc2N2CCCC2)cs1. The number of nitrogens with zero attached hydrogens (tertiary/aromatic N) is 4. The summed E-state index contributed by atoms with van der Waals surface area (Å²) in [6, 6.07) is 7.71. The summed E-state index contributed by atoms with van der Waals surface area (Å²) >= 11 is 1.56. The molecule has 0 saturated carbocycles. The number of para-hydroxylation sites is 2. The number of thiazole rings is 1. The molecule has 0 bridgehead atoms. The van der Waals surface area contributed by atoms with E-state index in [2.05, 4.69) is 20.2 Å². The lowest BCUT2D eigenvalue weighted by atomic mass is 10.3. The summed E-state index contributed by atoms with van der Waals surface area (Å²) in [5, 5.41) is 5.79. The van der Waals surface area contributed by atoms with Crippen LogP contribution in [0.2, 0.25) is 0 Å². The zero-order valence-corrected chi connectivity index (χ0v) is 15.3. The van der Waals surface area contributed by atoms with Gasteiger partial charge in [-0.15, -0.1) is 11.3 Å². The number of aryl methyl sites for hydroxylation is 1. The predicted octanol–water partition coefficient (Wildman–Crippen LogP) is 3.65. The van der Waals surface area contributed by atoms with E-state index in [9.17, 15) is 4.79 Å². The highest BCUT2D eigenvalue weighted by atomic mass is 32.1. The third-order valence-corrected chi connectivity index (χ3v) is 5.03. The Kier molecular flexibility index (Phi) is 4.62. The molecule has 4 rings (SSSR count). The van der Waals surface area contributed by atoms with E-state index in [-0.39, 0.29) is 5.91 Å². The topological polar surface area (TPSA) is 71.0 Å². The van der Waals surface area contributed by atoms with Gasteiger partial charge in [0.05, 0.1) is 21.7 Å². The van der Waals surface area contributed by atoms with Crippen LogP contribution in [-0.4, -0.2) is 33.9 Å². The van der Waals surface area contributed by atoms with Crippen LogP contribution >= 0.6 is 11.3 Å². The zero-order chi connectivity index (χ0) is 17.9. The van der Waals surface area contributed by atoms with Crippen LogP contribution in [-0.2, 0) is 4.79 Å². The lowest BCUT2D eigenvalue weighted by Crippen LogP contribution is -2.22. The maximum atomic E-state index is 12.4. The molecule has 1 N–H and O–H groups in total. The van der Waals surface area contributed by atoms with Crippen molar-refractivity contribution >= 4 is 46.0 Å². The molecule has 0 unspecified atom stereocenters. The second kappa shape index (κ2) is 7.21. The molecule has 1 aromatic carbocycles. The number of anilines is 2. The Morgan fingerprint density at radius 1 is 1.15 bits per heavy atom. The Labute approximate surface area is 155 Å². The fourth-order valence-electron chi connectivity index (χ4n) is 3.00. The van der Waals surface area contributed by atoms with Crippen LogP contribution in [0.4, 0.5) is 11.6 Å². The van der Waals surface area contributed by atoms with E-state index in [0.717, 1.165) is 53.5 Å². The number of rotatable bonds is 4. The van der Waals surface area contributed by atoms with Gasteiger partial charge in [0, 0.05) is 24.5 Å². The molecule has 1 aliphatic rings. The van der Waals surface area contributed by atoms with E-state index < -0.39 is 0 Å². The van der Waals surface area contributed by atoms with Gasteiger partial charge in [0.2, 0.25) is 5.91 Å². The van der Waals surface area contributed by atoms with Gasteiger partial charge in [-0.25, -0.2) is 15.0 Å². The largest absolute Gasteiger partial charge is 0.354 e. The molecule has 3 aromatic rings. The maximum Gasteiger partial charge on any atom is 0.249 e. The average molecular weight is 365 g/mol. The monoisotopic (exact) mass is 365 g/mol. The highest BCUT2D eigenvalue weighted by Crippen LogP contribution is 2.27. The Hall–Kier alpha value is -2.80. The molecule has 6 nitrogen and oxygen atoms in total. The first-order valence-electron chi connectivity index (χ1n) is 8.62. The highest BCUT2D eigenvalue weighted by Gasteiger charge is 2.20. The minimum atomic E-state index is -0.235. The summed E-state index contributed by atoms with van der Waals surface area (Å²) in [5.74, 6) is 1.02. The third-order valence-electron chi connectivity index (χ3n) is 4.24. The van der Waals surface area contributed by atoms with Gasteiger partial charge >= 0.3 is 0 Å². The molecule has 132 valence electrons. The quantitative estimate of drug-likeness (QED) is 0.715. The fourth-order valence-corrected chi connectivity index (χ4v) is 3.58. The van der Waals surface area contributed by atoms with Gasteiger partial charge in [-0.05, 0) is 38.0 Å². The minimum Gasteiger partial charge on any atom is -0.354 e. The van der Waals surface area contributed by atoms with E-state index in [1.807, 2.05) is 36.6 Å². The van der Waals surface area contributed by atoms with Crippen LogP contribution in [0.15, 0.2) is 35.7 Å². The van der Waals surface area contributed by atoms with E-state index in [1.165, 1.54) is 6.08 Å². The number of carbonyl (C=O) groups excluding carboxylic acids is 1. The Bertz CT molecular complexity index is 975. The van der Waals surface area contributed by atoms with Gasteiger partial charge in [0.1, 0.15) is 0 Å². The lowest BCUT2D eigenvalue weighted by Gasteiger charge is -2.19. The number of hydrogen-bond donors (Lipinski definition) is 1. The van der Waals surface area contributed by atoms with Crippen molar-refractivity contribution < 1.29 is 4.79 Å². The molecule has 0 spiro atoms. The van der Waals surface area contributed by atoms with Crippen molar-refractivity contribution in [3.8, 4) is 0 Å². The minimum absolute atomic E-state index is 0.235. The van der Waals surface area contributed by atoms with Gasteiger partial charge in [0.25, 0.3) is 0 Å². The third kappa shape index (κ3) is 3.57. The highest BCUT2D eigenvalue weighted by molar-refractivity contribution is 7.09. The van der Waals surface area contributed by atoms with Crippen LogP contribution in [0.1, 0.15) is 23.5 Å². The Balaban J connectivity index is 1.62. The van der Waals surface area contributed by atoms with Crippen molar-refractivity contribution in [3.05, 3.63) is 46.4 Å². The molecule has 7 heteroatoms. The second-order valence-electron chi connectivity index (χ2n) is 6.19. The summed E-state index contributed by atoms with van der Waals surface area (Å²) in [4.78, 5) is 28.3. The average Bonchev–Trinajstić information content (AvgIpc) is 3.31. The molecule has 1 saturated heterocycles. The molecule has 1 fully saturated rings. The summed E-state index contributed by atoms with van der Waals surface area (Å²) in [5.41, 5.74) is 2.39. The van der Waals surface area contributed by atoms with E-state index >= 15 is 0 Å². The first kappa shape index (κ1) is 16.7. The molecular weight excluding hydrogens is 346 g/mol. The lowest BCUT2D eigenvalue weighted by molar-refractivity contribution is -0.111. The number of amides is 1. The fraction of sp³-hybridized carbons (Fsp3) is 0.263. The number of hydrogen-bond acceptors (Lipinski definition) is 6. The molecular formula is C19H19N5OS. The summed E-state index contributed by atoms with van der Waals surface area (Å²) in [7, 11) is 0. The van der Waals surface area contributed by atoms with Gasteiger partial charge in [-0.2, -0.15) is 0 Å². The molecule has 0 aliphatic carbocycles. The number of fused-ring (bicyclic) bond motifs is 1. The Morgan fingerprint density at radius 2 is 1.88 bits per heavy atom. The van der Waals surface area contributed by atoms with E-state index in [1.54, 1.807) is 17.4 Å². The first-order valence-corrected chi connectivity index (χ1v) is 9.50. The first-order chi connectivity index (χ1) is 12.7. The van der Waals surface area contributed by atoms with Gasteiger partial charge in [0.15, 0.2) is 11.6 Å². The summed E-state index contributed by atoms with van der Waals surface area (Å²) < 4.78 is 0. The van der Waals surface area contributed by atoms with E-state index in [0.29, 0.717) is 5.82 Å². The van der Waals surface area contributed by atoms with Crippen LogP contribution < -0.4 is 10.2 Å². The molecule has 1 amide bonds. The molecule has 2 aromatic heterocycles. The zero-order valence-electron chi connectivity index (χ0n) is 14.5. The van der Waals surface area contributed by atoms with Gasteiger partial charge < -0.3 is 10.2 Å². The van der Waals surface area contributed by atoms with Gasteiger partial charge in [-0.1, -0.05) is 12.1 Å². The normalized spacial score (nSPS) is 14.4. The van der Waals surface area contributed by atoms with Crippen LogP contribution in [0.3, 0.4) is 0 Å². The van der Waals surface area contributed by atoms with Crippen LogP contribution in [0, 0.1) is 6.92 Å². The maximum absolute atomic E-state index is 12.4. The van der Waals surface area contributed by atoms with E-state index in [4.69, 9.17) is 4.98 Å². The molecule has 0 radical (unpaired) electrons. The molecule has 0 atom stereocenters. The van der Waals surface area contributed by atoms with Gasteiger partial charge in [-0.3, -0.25) is 4.79 Å². The molecule has 1 aliphatic heterocycles. The number of benzene rings is 1.